The van der Waals surface area contributed by atoms with Crippen LogP contribution in [0.2, 0.25) is 0 Å². The topological polar surface area (TPSA) is 78.9 Å². The molecule has 0 bridgehead atoms. The number of amidine groups is 1. The smallest absolute Gasteiger partial charge is 0.240 e. The van der Waals surface area contributed by atoms with Gasteiger partial charge < -0.3 is 15.8 Å². The van der Waals surface area contributed by atoms with Gasteiger partial charge in [-0.05, 0) is 50.3 Å². The summed E-state index contributed by atoms with van der Waals surface area (Å²) in [6.45, 7) is 6.55. The molecule has 0 atom stereocenters. The summed E-state index contributed by atoms with van der Waals surface area (Å²) in [5, 5.41) is 12.1. The quantitative estimate of drug-likeness (QED) is 0.387. The molecule has 1 amide bonds. The Balaban J connectivity index is 2.35. The molecular formula is C16H23N3O2. The summed E-state index contributed by atoms with van der Waals surface area (Å²) in [6, 6.07) is 7.81. The van der Waals surface area contributed by atoms with Gasteiger partial charge in [0.1, 0.15) is 5.41 Å². The number of nitrogens with two attached hydrogens (primary N) is 1. The molecule has 0 aliphatic heterocycles. The van der Waals surface area contributed by atoms with Crippen molar-refractivity contribution in [3.05, 3.63) is 29.8 Å². The number of hydrogen-bond acceptors (Lipinski definition) is 3. The Morgan fingerprint density at radius 1 is 1.52 bits per heavy atom. The molecule has 1 aromatic carbocycles. The number of amides is 1. The lowest BCUT2D eigenvalue weighted by atomic mass is 9.61. The molecule has 0 aromatic heterocycles. The monoisotopic (exact) mass is 289 g/mol. The van der Waals surface area contributed by atoms with Crippen molar-refractivity contribution in [3.8, 4) is 0 Å². The van der Waals surface area contributed by atoms with Gasteiger partial charge in [-0.25, -0.2) is 0 Å². The van der Waals surface area contributed by atoms with Gasteiger partial charge in [-0.3, -0.25) is 4.79 Å². The molecule has 5 nitrogen and oxygen atoms in total. The van der Waals surface area contributed by atoms with Crippen LogP contribution >= 0.6 is 0 Å². The zero-order valence-electron chi connectivity index (χ0n) is 12.8. The van der Waals surface area contributed by atoms with Crippen LogP contribution in [0.4, 0.5) is 5.69 Å². The summed E-state index contributed by atoms with van der Waals surface area (Å²) in [4.78, 5) is 14.7. The number of nitrogens with zero attached hydrogens (tertiary/aromatic N) is 2. The molecule has 21 heavy (non-hydrogen) atoms. The van der Waals surface area contributed by atoms with Gasteiger partial charge in [-0.15, -0.1) is 0 Å². The van der Waals surface area contributed by atoms with Crippen LogP contribution in [-0.2, 0) is 4.79 Å². The Hall–Kier alpha value is -2.04. The highest BCUT2D eigenvalue weighted by Gasteiger charge is 2.53. The van der Waals surface area contributed by atoms with Crippen molar-refractivity contribution < 1.29 is 10.0 Å². The van der Waals surface area contributed by atoms with Gasteiger partial charge in [0.2, 0.25) is 5.91 Å². The minimum absolute atomic E-state index is 0.0247. The molecule has 1 aliphatic rings. The average Bonchev–Trinajstić information content (AvgIpc) is 2.43. The number of carbonyl (C=O) groups excluding carboxylic acids is 1. The van der Waals surface area contributed by atoms with Crippen molar-refractivity contribution in [1.82, 2.24) is 0 Å². The lowest BCUT2D eigenvalue weighted by Gasteiger charge is -2.46. The van der Waals surface area contributed by atoms with Gasteiger partial charge in [0, 0.05) is 12.2 Å². The predicted octanol–water partition coefficient (Wildman–Crippen LogP) is 2.51. The number of carbonyl (C=O) groups is 1. The van der Waals surface area contributed by atoms with Crippen molar-refractivity contribution in [3.63, 3.8) is 0 Å². The first-order valence-electron chi connectivity index (χ1n) is 7.31. The third-order valence-electron chi connectivity index (χ3n) is 4.28. The van der Waals surface area contributed by atoms with Gasteiger partial charge in [-0.1, -0.05) is 24.2 Å². The van der Waals surface area contributed by atoms with E-state index in [9.17, 15) is 4.79 Å². The van der Waals surface area contributed by atoms with E-state index in [1.165, 1.54) is 0 Å². The number of aryl methyl sites for hydroxylation is 1. The zero-order valence-corrected chi connectivity index (χ0v) is 12.8. The first-order chi connectivity index (χ1) is 9.94. The maximum atomic E-state index is 13.0. The molecule has 2 rings (SSSR count). The first kappa shape index (κ1) is 15.4. The van der Waals surface area contributed by atoms with Crippen LogP contribution in [0, 0.1) is 18.3 Å². The fourth-order valence-electron chi connectivity index (χ4n) is 3.22. The standard InChI is InChI=1S/C16H23N3O2/c1-4-19(13-7-5-6-11(2)8-13)15(20)16(14(17)18-21)9-12(3)10-16/h5-8,12,21H,4,9-10H2,1-3H3,(H2,17,18). The molecule has 1 aromatic rings. The van der Waals surface area contributed by atoms with Crippen LogP contribution in [0.15, 0.2) is 29.4 Å². The van der Waals surface area contributed by atoms with E-state index in [1.807, 2.05) is 38.1 Å². The number of hydrogen-bond donors (Lipinski definition) is 2. The molecule has 0 unspecified atom stereocenters. The van der Waals surface area contributed by atoms with E-state index < -0.39 is 5.41 Å². The van der Waals surface area contributed by atoms with Gasteiger partial charge >= 0.3 is 0 Å². The van der Waals surface area contributed by atoms with Gasteiger partial charge in [0.25, 0.3) is 0 Å². The Morgan fingerprint density at radius 2 is 2.19 bits per heavy atom. The molecule has 0 saturated heterocycles. The summed E-state index contributed by atoms with van der Waals surface area (Å²) in [5.41, 5.74) is 6.93. The molecule has 0 heterocycles. The van der Waals surface area contributed by atoms with E-state index in [0.717, 1.165) is 11.3 Å². The predicted molar refractivity (Wildman–Crippen MR) is 83.4 cm³/mol. The van der Waals surface area contributed by atoms with E-state index in [0.29, 0.717) is 25.3 Å². The highest BCUT2D eigenvalue weighted by Crippen LogP contribution is 2.47. The van der Waals surface area contributed by atoms with Crippen LogP contribution in [0.3, 0.4) is 0 Å². The van der Waals surface area contributed by atoms with E-state index in [1.54, 1.807) is 4.90 Å². The van der Waals surface area contributed by atoms with Gasteiger partial charge in [-0.2, -0.15) is 0 Å². The van der Waals surface area contributed by atoms with Crippen LogP contribution in [0.1, 0.15) is 32.3 Å². The molecule has 3 N–H and O–H groups in total. The van der Waals surface area contributed by atoms with Crippen LogP contribution < -0.4 is 10.6 Å². The lowest BCUT2D eigenvalue weighted by molar-refractivity contribution is -0.130. The van der Waals surface area contributed by atoms with E-state index >= 15 is 0 Å². The molecule has 1 aliphatic carbocycles. The number of benzene rings is 1. The van der Waals surface area contributed by atoms with Crippen LogP contribution in [0.25, 0.3) is 0 Å². The Kier molecular flexibility index (Phi) is 4.21. The SMILES string of the molecule is CCN(C(=O)C1(/C(N)=N/O)CC(C)C1)c1cccc(C)c1. The number of anilines is 1. The fraction of sp³-hybridized carbons (Fsp3) is 0.500. The van der Waals surface area contributed by atoms with Crippen molar-refractivity contribution in [2.75, 3.05) is 11.4 Å². The van der Waals surface area contributed by atoms with Crippen molar-refractivity contribution in [2.24, 2.45) is 22.2 Å². The van der Waals surface area contributed by atoms with Crippen molar-refractivity contribution in [1.29, 1.82) is 0 Å². The molecular weight excluding hydrogens is 266 g/mol. The summed E-state index contributed by atoms with van der Waals surface area (Å²) in [5.74, 6) is 0.353. The molecule has 0 spiro atoms. The molecule has 0 radical (unpaired) electrons. The van der Waals surface area contributed by atoms with Crippen LogP contribution in [-0.4, -0.2) is 23.5 Å². The van der Waals surface area contributed by atoms with Crippen molar-refractivity contribution >= 4 is 17.4 Å². The summed E-state index contributed by atoms with van der Waals surface area (Å²) in [7, 11) is 0. The third-order valence-corrected chi connectivity index (χ3v) is 4.28. The highest BCUT2D eigenvalue weighted by atomic mass is 16.4. The average molecular weight is 289 g/mol. The maximum absolute atomic E-state index is 13.0. The molecule has 5 heteroatoms. The largest absolute Gasteiger partial charge is 0.409 e. The minimum Gasteiger partial charge on any atom is -0.409 e. The maximum Gasteiger partial charge on any atom is 0.240 e. The third kappa shape index (κ3) is 2.60. The van der Waals surface area contributed by atoms with E-state index in [-0.39, 0.29) is 11.7 Å². The van der Waals surface area contributed by atoms with Crippen LogP contribution in [0.5, 0.6) is 0 Å². The van der Waals surface area contributed by atoms with E-state index in [2.05, 4.69) is 12.1 Å². The normalized spacial score (nSPS) is 25.3. The number of rotatable bonds is 4. The highest BCUT2D eigenvalue weighted by molar-refractivity contribution is 6.13. The summed E-state index contributed by atoms with van der Waals surface area (Å²) < 4.78 is 0. The molecule has 114 valence electrons. The van der Waals surface area contributed by atoms with Gasteiger partial charge in [0.15, 0.2) is 5.84 Å². The van der Waals surface area contributed by atoms with E-state index in [4.69, 9.17) is 10.9 Å². The minimum atomic E-state index is -0.853. The van der Waals surface area contributed by atoms with Gasteiger partial charge in [0.05, 0.1) is 0 Å². The Bertz CT molecular complexity index is 562. The second-order valence-corrected chi connectivity index (χ2v) is 5.97. The molecule has 1 fully saturated rings. The lowest BCUT2D eigenvalue weighted by Crippen LogP contribution is -2.58. The second kappa shape index (κ2) is 5.76. The second-order valence-electron chi connectivity index (χ2n) is 5.97. The Morgan fingerprint density at radius 3 is 2.67 bits per heavy atom. The summed E-state index contributed by atoms with van der Waals surface area (Å²) in [6.07, 6.45) is 1.26. The zero-order chi connectivity index (χ0) is 15.6. The van der Waals surface area contributed by atoms with Crippen molar-refractivity contribution in [2.45, 2.75) is 33.6 Å². The fourth-order valence-corrected chi connectivity index (χ4v) is 3.22. The summed E-state index contributed by atoms with van der Waals surface area (Å²) >= 11 is 0. The number of oxime groups is 1. The molecule has 1 saturated carbocycles. The first-order valence-corrected chi connectivity index (χ1v) is 7.31. The Labute approximate surface area is 125 Å².